The van der Waals surface area contributed by atoms with Gasteiger partial charge in [0.1, 0.15) is 5.75 Å². The van der Waals surface area contributed by atoms with Crippen molar-refractivity contribution < 1.29 is 14.2 Å². The van der Waals surface area contributed by atoms with Crippen molar-refractivity contribution in [3.05, 3.63) is 29.8 Å². The molecule has 1 saturated heterocycles. The summed E-state index contributed by atoms with van der Waals surface area (Å²) >= 11 is 0. The molecule has 1 heterocycles. The maximum absolute atomic E-state index is 5.62. The number of ether oxygens (including phenoxy) is 3. The molecular weight excluding hydrogens is 507 g/mol. The Bertz CT molecular complexity index is 595. The predicted molar refractivity (Wildman–Crippen MR) is 138 cm³/mol. The molecule has 0 saturated carbocycles. The molecule has 1 aliphatic heterocycles. The van der Waals surface area contributed by atoms with Crippen molar-refractivity contribution in [1.29, 1.82) is 0 Å². The lowest BCUT2D eigenvalue weighted by Gasteiger charge is -2.29. The molecule has 1 fully saturated rings. The summed E-state index contributed by atoms with van der Waals surface area (Å²) in [6.07, 6.45) is 4.80. The molecule has 0 aliphatic carbocycles. The Balaban J connectivity index is 0.00000480. The number of hydrogen-bond donors (Lipinski definition) is 2. The number of nitrogens with one attached hydrogen (secondary N) is 2. The van der Waals surface area contributed by atoms with Crippen LogP contribution in [0.5, 0.6) is 5.75 Å². The van der Waals surface area contributed by atoms with Crippen molar-refractivity contribution in [2.45, 2.75) is 38.6 Å². The molecule has 7 nitrogen and oxygen atoms in total. The summed E-state index contributed by atoms with van der Waals surface area (Å²) in [7, 11) is 3.50. The first kappa shape index (κ1) is 27.9. The second-order valence-corrected chi connectivity index (χ2v) is 7.49. The third kappa shape index (κ3) is 10.9. The summed E-state index contributed by atoms with van der Waals surface area (Å²) in [5.74, 6) is 1.69. The SMILES string of the molecule is CCCCOCCOCCNC(=NC)NCC(c1ccc(OC)cc1)N1CCCC1.I. The van der Waals surface area contributed by atoms with Gasteiger partial charge in [0, 0.05) is 26.7 Å². The van der Waals surface area contributed by atoms with Gasteiger partial charge in [0.25, 0.3) is 0 Å². The number of aliphatic imine (C=N–C) groups is 1. The number of halogens is 1. The minimum atomic E-state index is 0. The first-order valence-corrected chi connectivity index (χ1v) is 11.3. The molecule has 1 atom stereocenters. The number of guanidine groups is 1. The van der Waals surface area contributed by atoms with Crippen LogP contribution in [0.3, 0.4) is 0 Å². The highest BCUT2D eigenvalue weighted by molar-refractivity contribution is 14.0. The summed E-state index contributed by atoms with van der Waals surface area (Å²) in [5.41, 5.74) is 1.30. The van der Waals surface area contributed by atoms with E-state index in [0.717, 1.165) is 50.8 Å². The van der Waals surface area contributed by atoms with E-state index in [1.807, 2.05) is 12.1 Å². The minimum Gasteiger partial charge on any atom is -0.497 e. The van der Waals surface area contributed by atoms with Gasteiger partial charge < -0.3 is 24.8 Å². The molecule has 0 radical (unpaired) electrons. The number of benzene rings is 1. The van der Waals surface area contributed by atoms with Crippen LogP contribution in [0.4, 0.5) is 0 Å². The number of likely N-dealkylation sites (tertiary alicyclic amines) is 1. The summed E-state index contributed by atoms with van der Waals surface area (Å²) in [6, 6.07) is 8.71. The van der Waals surface area contributed by atoms with Crippen molar-refractivity contribution in [3.63, 3.8) is 0 Å². The van der Waals surface area contributed by atoms with Crippen LogP contribution in [0.25, 0.3) is 0 Å². The number of methoxy groups -OCH3 is 1. The Hall–Kier alpha value is -1.10. The molecule has 31 heavy (non-hydrogen) atoms. The van der Waals surface area contributed by atoms with Crippen LogP contribution < -0.4 is 15.4 Å². The fourth-order valence-electron chi connectivity index (χ4n) is 3.56. The lowest BCUT2D eigenvalue weighted by molar-refractivity contribution is 0.0487. The first-order chi connectivity index (χ1) is 14.8. The molecule has 1 unspecified atom stereocenters. The minimum absolute atomic E-state index is 0. The van der Waals surface area contributed by atoms with Gasteiger partial charge in [0.15, 0.2) is 5.96 Å². The Labute approximate surface area is 205 Å². The van der Waals surface area contributed by atoms with Crippen LogP contribution in [0, 0.1) is 0 Å². The molecule has 1 aromatic rings. The van der Waals surface area contributed by atoms with Gasteiger partial charge in [-0.15, -0.1) is 24.0 Å². The van der Waals surface area contributed by atoms with Gasteiger partial charge in [-0.05, 0) is 50.0 Å². The zero-order chi connectivity index (χ0) is 21.4. The molecule has 0 amide bonds. The maximum atomic E-state index is 5.62. The van der Waals surface area contributed by atoms with Gasteiger partial charge in [0.05, 0.1) is 33.0 Å². The molecule has 8 heteroatoms. The van der Waals surface area contributed by atoms with Crippen molar-refractivity contribution in [2.75, 3.05) is 66.8 Å². The monoisotopic (exact) mass is 548 g/mol. The van der Waals surface area contributed by atoms with Gasteiger partial charge in [0.2, 0.25) is 0 Å². The van der Waals surface area contributed by atoms with E-state index in [4.69, 9.17) is 14.2 Å². The van der Waals surface area contributed by atoms with Crippen LogP contribution in [-0.4, -0.2) is 77.6 Å². The fourth-order valence-corrected chi connectivity index (χ4v) is 3.56. The quantitative estimate of drug-likeness (QED) is 0.161. The third-order valence-corrected chi connectivity index (χ3v) is 5.32. The molecule has 178 valence electrons. The van der Waals surface area contributed by atoms with Gasteiger partial charge >= 0.3 is 0 Å². The highest BCUT2D eigenvalue weighted by Gasteiger charge is 2.23. The van der Waals surface area contributed by atoms with E-state index < -0.39 is 0 Å². The summed E-state index contributed by atoms with van der Waals surface area (Å²) in [5, 5.41) is 6.82. The van der Waals surface area contributed by atoms with E-state index in [-0.39, 0.29) is 24.0 Å². The van der Waals surface area contributed by atoms with E-state index >= 15 is 0 Å². The van der Waals surface area contributed by atoms with Crippen LogP contribution in [0.2, 0.25) is 0 Å². The molecule has 0 spiro atoms. The highest BCUT2D eigenvalue weighted by atomic mass is 127. The zero-order valence-corrected chi connectivity index (χ0v) is 21.7. The van der Waals surface area contributed by atoms with E-state index in [1.165, 1.54) is 18.4 Å². The van der Waals surface area contributed by atoms with E-state index in [2.05, 4.69) is 39.6 Å². The van der Waals surface area contributed by atoms with Gasteiger partial charge in [-0.2, -0.15) is 0 Å². The summed E-state index contributed by atoms with van der Waals surface area (Å²) in [4.78, 5) is 6.90. The normalized spacial score (nSPS) is 15.4. The number of nitrogens with zero attached hydrogens (tertiary/aromatic N) is 2. The number of hydrogen-bond acceptors (Lipinski definition) is 5. The van der Waals surface area contributed by atoms with Crippen molar-refractivity contribution in [2.24, 2.45) is 4.99 Å². The smallest absolute Gasteiger partial charge is 0.191 e. The largest absolute Gasteiger partial charge is 0.497 e. The van der Waals surface area contributed by atoms with Crippen LogP contribution >= 0.6 is 24.0 Å². The van der Waals surface area contributed by atoms with Crippen LogP contribution in [-0.2, 0) is 9.47 Å². The van der Waals surface area contributed by atoms with Crippen LogP contribution in [0.15, 0.2) is 29.3 Å². The van der Waals surface area contributed by atoms with Crippen molar-refractivity contribution in [1.82, 2.24) is 15.5 Å². The maximum Gasteiger partial charge on any atom is 0.191 e. The Morgan fingerprint density at radius 3 is 2.32 bits per heavy atom. The van der Waals surface area contributed by atoms with Gasteiger partial charge in [-0.1, -0.05) is 25.5 Å². The van der Waals surface area contributed by atoms with Crippen molar-refractivity contribution in [3.8, 4) is 5.75 Å². The lowest BCUT2D eigenvalue weighted by atomic mass is 10.1. The van der Waals surface area contributed by atoms with E-state index in [9.17, 15) is 0 Å². The summed E-state index contributed by atoms with van der Waals surface area (Å²) < 4.78 is 16.4. The summed E-state index contributed by atoms with van der Waals surface area (Å²) in [6.45, 7) is 8.70. The average Bonchev–Trinajstić information content (AvgIpc) is 3.31. The second-order valence-electron chi connectivity index (χ2n) is 7.49. The Morgan fingerprint density at radius 2 is 1.71 bits per heavy atom. The molecule has 2 N–H and O–H groups in total. The van der Waals surface area contributed by atoms with E-state index in [1.54, 1.807) is 14.2 Å². The molecule has 1 aromatic carbocycles. The van der Waals surface area contributed by atoms with Gasteiger partial charge in [-0.3, -0.25) is 9.89 Å². The van der Waals surface area contributed by atoms with Crippen LogP contribution in [0.1, 0.15) is 44.2 Å². The Morgan fingerprint density at radius 1 is 1.03 bits per heavy atom. The second kappa shape index (κ2) is 17.5. The van der Waals surface area contributed by atoms with E-state index in [0.29, 0.717) is 32.4 Å². The number of rotatable bonds is 14. The highest BCUT2D eigenvalue weighted by Crippen LogP contribution is 2.26. The molecular formula is C23H41IN4O3. The molecule has 2 rings (SSSR count). The van der Waals surface area contributed by atoms with Crippen molar-refractivity contribution >= 4 is 29.9 Å². The molecule has 0 aromatic heterocycles. The molecule has 0 bridgehead atoms. The topological polar surface area (TPSA) is 67.3 Å². The van der Waals surface area contributed by atoms with Gasteiger partial charge in [-0.25, -0.2) is 0 Å². The average molecular weight is 549 g/mol. The third-order valence-electron chi connectivity index (χ3n) is 5.32. The fraction of sp³-hybridized carbons (Fsp3) is 0.696. The predicted octanol–water partition coefficient (Wildman–Crippen LogP) is 3.45. The lowest BCUT2D eigenvalue weighted by Crippen LogP contribution is -2.43. The zero-order valence-electron chi connectivity index (χ0n) is 19.4. The first-order valence-electron chi connectivity index (χ1n) is 11.3. The Kier molecular flexibility index (Phi) is 15.7. The molecule has 1 aliphatic rings. The standard InChI is InChI=1S/C23H40N4O3.HI/c1-4-5-15-29-17-18-30-16-12-25-23(24-2)26-19-22(27-13-6-7-14-27)20-8-10-21(28-3)11-9-20;/h8-11,22H,4-7,12-19H2,1-3H3,(H2,24,25,26);1H. The number of unbranched alkanes of at least 4 members (excludes halogenated alkanes) is 1.